The zero-order chi connectivity index (χ0) is 22.2. The number of carbonyl (C=O) groups excluding carboxylic acids is 1. The molecule has 2 N–H and O–H groups in total. The van der Waals surface area contributed by atoms with E-state index in [-0.39, 0.29) is 4.90 Å². The van der Waals surface area contributed by atoms with Gasteiger partial charge in [-0.1, -0.05) is 0 Å². The Hall–Kier alpha value is -2.54. The Morgan fingerprint density at radius 1 is 1.17 bits per heavy atom. The average Bonchev–Trinajstić information content (AvgIpc) is 2.70. The second-order valence-corrected chi connectivity index (χ2v) is 11.8. The Morgan fingerprint density at radius 2 is 1.73 bits per heavy atom. The third-order valence-corrected chi connectivity index (χ3v) is 9.43. The Balaban J connectivity index is 1.94. The Kier molecular flexibility index (Phi) is 5.87. The number of rotatable bonds is 5. The lowest BCUT2D eigenvalue weighted by atomic mass is 10.0. The molecule has 2 aromatic rings. The smallest absolute Gasteiger partial charge is 0.263 e. The van der Waals surface area contributed by atoms with Gasteiger partial charge in [-0.25, -0.2) is 22.3 Å². The summed E-state index contributed by atoms with van der Waals surface area (Å²) in [6.07, 6.45) is 3.10. The number of sulfonamides is 1. The molecule has 162 valence electrons. The van der Waals surface area contributed by atoms with E-state index in [4.69, 9.17) is 9.94 Å². The molecule has 0 bridgehead atoms. The minimum absolute atomic E-state index is 0.143. The van der Waals surface area contributed by atoms with Crippen molar-refractivity contribution >= 4 is 25.8 Å². The molecule has 2 heterocycles. The van der Waals surface area contributed by atoms with Gasteiger partial charge in [0.15, 0.2) is 9.84 Å². The number of nitrogens with one attached hydrogen (secondary N) is 1. The fourth-order valence-corrected chi connectivity index (χ4v) is 6.68. The van der Waals surface area contributed by atoms with E-state index >= 15 is 0 Å². The van der Waals surface area contributed by atoms with Crippen LogP contribution in [-0.4, -0.2) is 60.3 Å². The number of benzene rings is 1. The molecule has 1 aromatic carbocycles. The molecule has 1 saturated heterocycles. The highest BCUT2D eigenvalue weighted by Gasteiger charge is 2.55. The van der Waals surface area contributed by atoms with Crippen molar-refractivity contribution in [2.24, 2.45) is 0 Å². The highest BCUT2D eigenvalue weighted by atomic mass is 32.2. The van der Waals surface area contributed by atoms with E-state index in [9.17, 15) is 21.6 Å². The van der Waals surface area contributed by atoms with E-state index < -0.39 is 48.9 Å². The molecule has 1 aliphatic heterocycles. The molecule has 10 nitrogen and oxygen atoms in total. The Bertz CT molecular complexity index is 1130. The number of hydroxylamine groups is 1. The molecule has 0 spiro atoms. The van der Waals surface area contributed by atoms with Crippen LogP contribution in [0.3, 0.4) is 0 Å². The predicted molar refractivity (Wildman–Crippen MR) is 106 cm³/mol. The maximum atomic E-state index is 13.2. The van der Waals surface area contributed by atoms with Gasteiger partial charge in [0, 0.05) is 18.9 Å². The van der Waals surface area contributed by atoms with Crippen molar-refractivity contribution in [3.8, 4) is 11.5 Å². The predicted octanol–water partition coefficient (Wildman–Crippen LogP) is 0.946. The molecule has 30 heavy (non-hydrogen) atoms. The van der Waals surface area contributed by atoms with Gasteiger partial charge in [0.1, 0.15) is 17.5 Å². The Labute approximate surface area is 174 Å². The van der Waals surface area contributed by atoms with Crippen molar-refractivity contribution in [2.45, 2.75) is 29.5 Å². The number of ether oxygens (including phenoxy) is 1. The van der Waals surface area contributed by atoms with Crippen LogP contribution in [0.15, 0.2) is 53.7 Å². The SMILES string of the molecule is CC1(C)[C@@H](C(=O)NO)N(S(=O)(=O)c2ccc(Oc3ccncc3)cc2)CCS1(=O)=O. The van der Waals surface area contributed by atoms with Crippen LogP contribution in [-0.2, 0) is 24.7 Å². The normalized spacial score (nSPS) is 21.0. The standard InChI is InChI=1S/C18H21N3O7S2/c1-18(2)16(17(22)20-23)21(11-12-29(18,24)25)30(26,27)15-5-3-13(4-6-15)28-14-7-9-19-10-8-14/h3-10,16,23H,11-12H2,1-2H3,(H,20,22)/t16-/m1/s1. The summed E-state index contributed by atoms with van der Waals surface area (Å²) in [4.78, 5) is 16.0. The van der Waals surface area contributed by atoms with Crippen molar-refractivity contribution in [1.29, 1.82) is 0 Å². The van der Waals surface area contributed by atoms with Crippen molar-refractivity contribution in [3.63, 3.8) is 0 Å². The third kappa shape index (κ3) is 3.90. The minimum Gasteiger partial charge on any atom is -0.457 e. The maximum absolute atomic E-state index is 13.2. The molecular formula is C18H21N3O7S2. The van der Waals surface area contributed by atoms with Gasteiger partial charge in [-0.2, -0.15) is 4.31 Å². The number of amides is 1. The summed E-state index contributed by atoms with van der Waals surface area (Å²) in [5.74, 6) is -0.670. The van der Waals surface area contributed by atoms with Gasteiger partial charge in [0.25, 0.3) is 5.91 Å². The van der Waals surface area contributed by atoms with Gasteiger partial charge < -0.3 is 4.74 Å². The molecule has 1 amide bonds. The molecule has 0 aliphatic carbocycles. The Morgan fingerprint density at radius 3 is 2.30 bits per heavy atom. The fourth-order valence-electron chi connectivity index (χ4n) is 3.24. The quantitative estimate of drug-likeness (QED) is 0.501. The molecule has 1 aromatic heterocycles. The van der Waals surface area contributed by atoms with E-state index in [1.165, 1.54) is 43.6 Å². The summed E-state index contributed by atoms with van der Waals surface area (Å²) < 4.78 is 56.0. The van der Waals surface area contributed by atoms with E-state index in [1.807, 2.05) is 0 Å². The molecule has 12 heteroatoms. The van der Waals surface area contributed by atoms with Crippen LogP contribution in [0.4, 0.5) is 0 Å². The van der Waals surface area contributed by atoms with Crippen LogP contribution in [0, 0.1) is 0 Å². The van der Waals surface area contributed by atoms with E-state index in [0.29, 0.717) is 11.5 Å². The van der Waals surface area contributed by atoms with Crippen LogP contribution >= 0.6 is 0 Å². The van der Waals surface area contributed by atoms with Gasteiger partial charge in [-0.15, -0.1) is 0 Å². The second-order valence-electron chi connectivity index (χ2n) is 7.17. The zero-order valence-corrected chi connectivity index (χ0v) is 17.9. The summed E-state index contributed by atoms with van der Waals surface area (Å²) in [6, 6.07) is 7.13. The van der Waals surface area contributed by atoms with E-state index in [1.54, 1.807) is 24.5 Å². The fraction of sp³-hybridized carbons (Fsp3) is 0.333. The first-order valence-electron chi connectivity index (χ1n) is 8.87. The summed E-state index contributed by atoms with van der Waals surface area (Å²) >= 11 is 0. The number of carbonyl (C=O) groups is 1. The lowest BCUT2D eigenvalue weighted by molar-refractivity contribution is -0.134. The summed E-state index contributed by atoms with van der Waals surface area (Å²) in [5, 5.41) is 9.08. The summed E-state index contributed by atoms with van der Waals surface area (Å²) in [7, 11) is -8.03. The summed E-state index contributed by atoms with van der Waals surface area (Å²) in [6.45, 7) is 2.10. The van der Waals surface area contributed by atoms with Crippen LogP contribution in [0.1, 0.15) is 13.8 Å². The molecule has 0 radical (unpaired) electrons. The molecule has 3 rings (SSSR count). The average molecular weight is 456 g/mol. The van der Waals surface area contributed by atoms with Crippen LogP contribution in [0.2, 0.25) is 0 Å². The topological polar surface area (TPSA) is 143 Å². The lowest BCUT2D eigenvalue weighted by Crippen LogP contribution is -2.66. The van der Waals surface area contributed by atoms with Crippen LogP contribution < -0.4 is 10.2 Å². The van der Waals surface area contributed by atoms with Gasteiger partial charge in [-0.3, -0.25) is 15.0 Å². The number of aromatic nitrogens is 1. The minimum atomic E-state index is -4.25. The first kappa shape index (κ1) is 22.2. The maximum Gasteiger partial charge on any atom is 0.263 e. The van der Waals surface area contributed by atoms with Gasteiger partial charge in [0.2, 0.25) is 10.0 Å². The zero-order valence-electron chi connectivity index (χ0n) is 16.2. The molecule has 0 unspecified atom stereocenters. The second kappa shape index (κ2) is 7.95. The molecule has 0 saturated carbocycles. The summed E-state index contributed by atoms with van der Waals surface area (Å²) in [5.41, 5.74) is 1.38. The van der Waals surface area contributed by atoms with Crippen molar-refractivity contribution in [3.05, 3.63) is 48.8 Å². The first-order chi connectivity index (χ1) is 14.0. The van der Waals surface area contributed by atoms with Crippen molar-refractivity contribution < 1.29 is 31.6 Å². The van der Waals surface area contributed by atoms with Gasteiger partial charge in [0.05, 0.1) is 15.4 Å². The first-order valence-corrected chi connectivity index (χ1v) is 12.0. The molecule has 1 aliphatic rings. The number of hydrogen-bond donors (Lipinski definition) is 2. The number of sulfone groups is 1. The van der Waals surface area contributed by atoms with E-state index in [2.05, 4.69) is 4.98 Å². The number of nitrogens with zero attached hydrogens (tertiary/aromatic N) is 2. The van der Waals surface area contributed by atoms with Crippen molar-refractivity contribution in [2.75, 3.05) is 12.3 Å². The van der Waals surface area contributed by atoms with Crippen molar-refractivity contribution in [1.82, 2.24) is 14.8 Å². The van der Waals surface area contributed by atoms with Gasteiger partial charge in [-0.05, 0) is 50.2 Å². The van der Waals surface area contributed by atoms with Crippen LogP contribution in [0.25, 0.3) is 0 Å². The highest BCUT2D eigenvalue weighted by molar-refractivity contribution is 7.93. The molecule has 1 fully saturated rings. The molecule has 1 atom stereocenters. The van der Waals surface area contributed by atoms with Crippen LogP contribution in [0.5, 0.6) is 11.5 Å². The van der Waals surface area contributed by atoms with Gasteiger partial charge >= 0.3 is 0 Å². The number of hydrogen-bond acceptors (Lipinski definition) is 8. The number of pyridine rings is 1. The highest BCUT2D eigenvalue weighted by Crippen LogP contribution is 2.34. The van der Waals surface area contributed by atoms with E-state index in [0.717, 1.165) is 4.31 Å². The monoisotopic (exact) mass is 455 g/mol. The third-order valence-electron chi connectivity index (χ3n) is 5.00. The lowest BCUT2D eigenvalue weighted by Gasteiger charge is -2.43. The largest absolute Gasteiger partial charge is 0.457 e. The molecular weight excluding hydrogens is 434 g/mol.